The van der Waals surface area contributed by atoms with Crippen LogP contribution in [0.5, 0.6) is 0 Å². The van der Waals surface area contributed by atoms with Gasteiger partial charge in [0.25, 0.3) is 0 Å². The van der Waals surface area contributed by atoms with E-state index in [0.29, 0.717) is 5.92 Å². The molecule has 1 aromatic carbocycles. The Kier molecular flexibility index (Phi) is 4.40. The standard InChI is InChI=1S/C15H20N2O/c1-12-5-4-8-14(11-12)17-15(18)16-10-9-13-6-2-3-7-13/h4-5,8-11,13H,2-3,6-7H2,1H3,(H2,16,17,18)/b10-9+. The second kappa shape index (κ2) is 6.24. The van der Waals surface area contributed by atoms with Crippen molar-refractivity contribution in [3.8, 4) is 0 Å². The van der Waals surface area contributed by atoms with Crippen LogP contribution in [0, 0.1) is 12.8 Å². The Bertz CT molecular complexity index is 434. The highest BCUT2D eigenvalue weighted by atomic mass is 16.2. The van der Waals surface area contributed by atoms with Crippen molar-refractivity contribution < 1.29 is 4.79 Å². The van der Waals surface area contributed by atoms with Gasteiger partial charge in [-0.05, 0) is 43.4 Å². The molecule has 96 valence electrons. The van der Waals surface area contributed by atoms with Crippen molar-refractivity contribution >= 4 is 11.7 Å². The van der Waals surface area contributed by atoms with E-state index in [0.717, 1.165) is 11.3 Å². The Hall–Kier alpha value is -1.77. The maximum absolute atomic E-state index is 11.6. The highest BCUT2D eigenvalue weighted by Gasteiger charge is 2.11. The lowest BCUT2D eigenvalue weighted by Gasteiger charge is -2.06. The Morgan fingerprint density at radius 1 is 1.33 bits per heavy atom. The van der Waals surface area contributed by atoms with Gasteiger partial charge >= 0.3 is 6.03 Å². The van der Waals surface area contributed by atoms with Gasteiger partial charge in [-0.1, -0.05) is 31.1 Å². The van der Waals surface area contributed by atoms with Gasteiger partial charge < -0.3 is 10.6 Å². The zero-order chi connectivity index (χ0) is 12.8. The predicted octanol–water partition coefficient (Wildman–Crippen LogP) is 3.82. The molecule has 3 heteroatoms. The molecule has 2 N–H and O–H groups in total. The van der Waals surface area contributed by atoms with E-state index in [1.54, 1.807) is 6.20 Å². The van der Waals surface area contributed by atoms with Gasteiger partial charge in [-0.2, -0.15) is 0 Å². The van der Waals surface area contributed by atoms with Gasteiger partial charge in [-0.3, -0.25) is 0 Å². The first-order valence-electron chi connectivity index (χ1n) is 6.55. The summed E-state index contributed by atoms with van der Waals surface area (Å²) < 4.78 is 0. The van der Waals surface area contributed by atoms with Gasteiger partial charge in [-0.25, -0.2) is 4.79 Å². The molecule has 3 nitrogen and oxygen atoms in total. The number of hydrogen-bond acceptors (Lipinski definition) is 1. The lowest BCUT2D eigenvalue weighted by Crippen LogP contribution is -2.24. The lowest BCUT2D eigenvalue weighted by atomic mass is 10.1. The average Bonchev–Trinajstić information content (AvgIpc) is 2.82. The summed E-state index contributed by atoms with van der Waals surface area (Å²) in [6.45, 7) is 2.00. The third-order valence-corrected chi connectivity index (χ3v) is 3.26. The molecule has 0 atom stereocenters. The molecule has 0 aromatic heterocycles. The third kappa shape index (κ3) is 3.91. The Morgan fingerprint density at radius 3 is 2.83 bits per heavy atom. The van der Waals surface area contributed by atoms with Crippen LogP contribution in [0.3, 0.4) is 0 Å². The Labute approximate surface area is 108 Å². The number of rotatable bonds is 3. The van der Waals surface area contributed by atoms with E-state index >= 15 is 0 Å². The van der Waals surface area contributed by atoms with Crippen LogP contribution in [0.1, 0.15) is 31.2 Å². The van der Waals surface area contributed by atoms with E-state index in [1.165, 1.54) is 25.7 Å². The summed E-state index contributed by atoms with van der Waals surface area (Å²) in [5.74, 6) is 0.643. The molecule has 1 aliphatic rings. The molecule has 1 fully saturated rings. The van der Waals surface area contributed by atoms with Gasteiger partial charge in [0.1, 0.15) is 0 Å². The monoisotopic (exact) mass is 244 g/mol. The number of carbonyl (C=O) groups is 1. The fourth-order valence-corrected chi connectivity index (χ4v) is 2.30. The molecular formula is C15H20N2O. The minimum atomic E-state index is -0.185. The molecule has 0 heterocycles. The Balaban J connectivity index is 1.78. The number of aryl methyl sites for hydroxylation is 1. The highest BCUT2D eigenvalue weighted by Crippen LogP contribution is 2.25. The number of allylic oxidation sites excluding steroid dienone is 1. The smallest absolute Gasteiger partial charge is 0.315 e. The summed E-state index contributed by atoms with van der Waals surface area (Å²) >= 11 is 0. The number of benzene rings is 1. The average molecular weight is 244 g/mol. The molecule has 2 rings (SSSR count). The fraction of sp³-hybridized carbons (Fsp3) is 0.400. The van der Waals surface area contributed by atoms with Crippen LogP contribution in [0.2, 0.25) is 0 Å². The van der Waals surface area contributed by atoms with Crippen molar-refractivity contribution in [2.75, 3.05) is 5.32 Å². The van der Waals surface area contributed by atoms with E-state index in [1.807, 2.05) is 31.2 Å². The largest absolute Gasteiger partial charge is 0.323 e. The Morgan fingerprint density at radius 2 is 2.11 bits per heavy atom. The fourth-order valence-electron chi connectivity index (χ4n) is 2.30. The first kappa shape index (κ1) is 12.7. The van der Waals surface area contributed by atoms with E-state index < -0.39 is 0 Å². The number of amides is 2. The molecule has 0 bridgehead atoms. The van der Waals surface area contributed by atoms with Crippen LogP contribution < -0.4 is 10.6 Å². The number of urea groups is 1. The summed E-state index contributed by atoms with van der Waals surface area (Å²) in [7, 11) is 0. The highest BCUT2D eigenvalue weighted by molar-refractivity contribution is 5.89. The van der Waals surface area contributed by atoms with Gasteiger partial charge in [0.05, 0.1) is 0 Å². The molecule has 0 unspecified atom stereocenters. The van der Waals surface area contributed by atoms with Crippen molar-refractivity contribution in [2.45, 2.75) is 32.6 Å². The van der Waals surface area contributed by atoms with E-state index in [9.17, 15) is 4.79 Å². The second-order valence-corrected chi connectivity index (χ2v) is 4.87. The number of carbonyl (C=O) groups excluding carboxylic acids is 1. The minimum absolute atomic E-state index is 0.185. The number of anilines is 1. The van der Waals surface area contributed by atoms with Crippen molar-refractivity contribution in [3.05, 3.63) is 42.1 Å². The van der Waals surface area contributed by atoms with Crippen LogP contribution in [-0.4, -0.2) is 6.03 Å². The van der Waals surface area contributed by atoms with Gasteiger partial charge in [-0.15, -0.1) is 0 Å². The lowest BCUT2D eigenvalue weighted by molar-refractivity contribution is 0.255. The minimum Gasteiger partial charge on any atom is -0.315 e. The first-order valence-corrected chi connectivity index (χ1v) is 6.55. The first-order chi connectivity index (χ1) is 8.74. The SMILES string of the molecule is Cc1cccc(NC(=O)N/C=C/C2CCCC2)c1. The molecule has 2 amide bonds. The molecule has 1 saturated carbocycles. The molecular weight excluding hydrogens is 224 g/mol. The van der Waals surface area contributed by atoms with E-state index in [4.69, 9.17) is 0 Å². The molecule has 0 radical (unpaired) electrons. The van der Waals surface area contributed by atoms with Crippen LogP contribution >= 0.6 is 0 Å². The van der Waals surface area contributed by atoms with Crippen LogP contribution in [0.15, 0.2) is 36.5 Å². The molecule has 1 aliphatic carbocycles. The maximum atomic E-state index is 11.6. The molecule has 0 aliphatic heterocycles. The van der Waals surface area contributed by atoms with Crippen LogP contribution in [0.4, 0.5) is 10.5 Å². The van der Waals surface area contributed by atoms with Crippen LogP contribution in [-0.2, 0) is 0 Å². The van der Waals surface area contributed by atoms with E-state index in [2.05, 4.69) is 16.7 Å². The van der Waals surface area contributed by atoms with Crippen LogP contribution in [0.25, 0.3) is 0 Å². The molecule has 0 spiro atoms. The third-order valence-electron chi connectivity index (χ3n) is 3.26. The van der Waals surface area contributed by atoms with Crippen molar-refractivity contribution in [3.63, 3.8) is 0 Å². The summed E-state index contributed by atoms with van der Waals surface area (Å²) in [4.78, 5) is 11.6. The summed E-state index contributed by atoms with van der Waals surface area (Å²) in [5, 5.41) is 5.55. The zero-order valence-corrected chi connectivity index (χ0v) is 10.8. The number of nitrogens with one attached hydrogen (secondary N) is 2. The normalized spacial score (nSPS) is 16.1. The van der Waals surface area contributed by atoms with Crippen molar-refractivity contribution in [2.24, 2.45) is 5.92 Å². The summed E-state index contributed by atoms with van der Waals surface area (Å²) in [5.41, 5.74) is 1.95. The number of hydrogen-bond donors (Lipinski definition) is 2. The molecule has 0 saturated heterocycles. The van der Waals surface area contributed by atoms with Crippen molar-refractivity contribution in [1.29, 1.82) is 0 Å². The topological polar surface area (TPSA) is 41.1 Å². The summed E-state index contributed by atoms with van der Waals surface area (Å²) in [6, 6.07) is 7.57. The maximum Gasteiger partial charge on any atom is 0.323 e. The quantitative estimate of drug-likeness (QED) is 0.833. The molecule has 18 heavy (non-hydrogen) atoms. The summed E-state index contributed by atoms with van der Waals surface area (Å²) in [6.07, 6.45) is 8.98. The second-order valence-electron chi connectivity index (χ2n) is 4.87. The molecule has 1 aromatic rings. The van der Waals surface area contributed by atoms with Gasteiger partial charge in [0.2, 0.25) is 0 Å². The van der Waals surface area contributed by atoms with E-state index in [-0.39, 0.29) is 6.03 Å². The van der Waals surface area contributed by atoms with Crippen molar-refractivity contribution in [1.82, 2.24) is 5.32 Å². The predicted molar refractivity (Wildman–Crippen MR) is 74.4 cm³/mol. The zero-order valence-electron chi connectivity index (χ0n) is 10.8. The van der Waals surface area contributed by atoms with Gasteiger partial charge in [0, 0.05) is 11.9 Å². The van der Waals surface area contributed by atoms with Gasteiger partial charge in [0.15, 0.2) is 0 Å².